The first-order valence-corrected chi connectivity index (χ1v) is 5.72. The normalized spacial score (nSPS) is 10.4. The summed E-state index contributed by atoms with van der Waals surface area (Å²) in [5, 5.41) is 13.9. The average Bonchev–Trinajstić information content (AvgIpc) is 2.34. The smallest absolute Gasteiger partial charge is 0.296 e. The summed E-state index contributed by atoms with van der Waals surface area (Å²) in [4.78, 5) is 10.5. The van der Waals surface area contributed by atoms with E-state index in [0.717, 1.165) is 0 Å². The molecule has 0 heterocycles. The van der Waals surface area contributed by atoms with Crippen molar-refractivity contribution in [1.82, 2.24) is 0 Å². The zero-order valence-electron chi connectivity index (χ0n) is 10.8. The number of anilines is 1. The molecule has 1 N–H and O–H groups in total. The summed E-state index contributed by atoms with van der Waals surface area (Å²) in [5.41, 5.74) is 0.465. The van der Waals surface area contributed by atoms with Gasteiger partial charge in [-0.25, -0.2) is 0 Å². The van der Waals surface area contributed by atoms with Gasteiger partial charge in [-0.05, 0) is 26.0 Å². The number of hydrogen-bond acceptors (Lipinski definition) is 5. The highest BCUT2D eigenvalue weighted by atomic mass is 16.6. The number of rotatable bonds is 7. The molecule has 0 aliphatic heterocycles. The lowest BCUT2D eigenvalue weighted by Crippen LogP contribution is -2.13. The van der Waals surface area contributed by atoms with Gasteiger partial charge in [0, 0.05) is 6.54 Å². The summed E-state index contributed by atoms with van der Waals surface area (Å²) in [6, 6.07) is 4.70. The maximum atomic E-state index is 10.9. The van der Waals surface area contributed by atoms with Crippen LogP contribution in [-0.4, -0.2) is 31.3 Å². The van der Waals surface area contributed by atoms with Crippen LogP contribution in [0.15, 0.2) is 18.2 Å². The second-order valence-electron chi connectivity index (χ2n) is 3.99. The fraction of sp³-hybridized carbons (Fsp3) is 0.500. The first kappa shape index (κ1) is 14.2. The Bertz CT molecular complexity index is 407. The number of methoxy groups -OCH3 is 1. The molecule has 18 heavy (non-hydrogen) atoms. The van der Waals surface area contributed by atoms with Gasteiger partial charge in [-0.2, -0.15) is 0 Å². The zero-order valence-corrected chi connectivity index (χ0v) is 10.8. The lowest BCUT2D eigenvalue weighted by atomic mass is 10.2. The molecule has 0 spiro atoms. The number of nitro groups is 1. The van der Waals surface area contributed by atoms with Gasteiger partial charge in [0.15, 0.2) is 0 Å². The summed E-state index contributed by atoms with van der Waals surface area (Å²) in [5.74, 6) is 0.464. The molecule has 0 atom stereocenters. The van der Waals surface area contributed by atoms with Crippen molar-refractivity contribution in [2.45, 2.75) is 20.0 Å². The van der Waals surface area contributed by atoms with E-state index in [2.05, 4.69) is 5.32 Å². The summed E-state index contributed by atoms with van der Waals surface area (Å²) in [6.45, 7) is 4.90. The number of nitro benzene ring substituents is 1. The minimum absolute atomic E-state index is 0.00102. The van der Waals surface area contributed by atoms with Crippen molar-refractivity contribution in [3.63, 3.8) is 0 Å². The first-order chi connectivity index (χ1) is 8.54. The second-order valence-corrected chi connectivity index (χ2v) is 3.99. The van der Waals surface area contributed by atoms with Crippen molar-refractivity contribution in [3.8, 4) is 5.75 Å². The third-order valence-corrected chi connectivity index (χ3v) is 2.27. The van der Waals surface area contributed by atoms with Crippen LogP contribution < -0.4 is 10.1 Å². The van der Waals surface area contributed by atoms with Crippen LogP contribution in [0, 0.1) is 10.1 Å². The Labute approximate surface area is 106 Å². The Hall–Kier alpha value is -1.82. The molecule has 0 aliphatic carbocycles. The molecule has 0 saturated carbocycles. The molecule has 6 nitrogen and oxygen atoms in total. The average molecular weight is 254 g/mol. The van der Waals surface area contributed by atoms with E-state index in [9.17, 15) is 10.1 Å². The molecular formula is C12H18N2O4. The van der Waals surface area contributed by atoms with Crippen molar-refractivity contribution >= 4 is 11.4 Å². The van der Waals surface area contributed by atoms with E-state index in [-0.39, 0.29) is 11.8 Å². The second kappa shape index (κ2) is 6.80. The van der Waals surface area contributed by atoms with Crippen LogP contribution in [0.2, 0.25) is 0 Å². The fourth-order valence-corrected chi connectivity index (χ4v) is 1.42. The maximum Gasteiger partial charge on any atom is 0.296 e. The molecule has 0 unspecified atom stereocenters. The van der Waals surface area contributed by atoms with Crippen LogP contribution >= 0.6 is 0 Å². The molecule has 0 aliphatic rings. The highest BCUT2D eigenvalue weighted by Crippen LogP contribution is 2.28. The summed E-state index contributed by atoms with van der Waals surface area (Å²) < 4.78 is 10.3. The highest BCUT2D eigenvalue weighted by molar-refractivity contribution is 5.63. The van der Waals surface area contributed by atoms with Gasteiger partial charge in [0.1, 0.15) is 11.4 Å². The topological polar surface area (TPSA) is 73.6 Å². The quantitative estimate of drug-likeness (QED) is 0.459. The van der Waals surface area contributed by atoms with Crippen molar-refractivity contribution in [3.05, 3.63) is 28.3 Å². The van der Waals surface area contributed by atoms with Gasteiger partial charge in [-0.1, -0.05) is 0 Å². The lowest BCUT2D eigenvalue weighted by molar-refractivity contribution is -0.384. The van der Waals surface area contributed by atoms with Crippen LogP contribution in [0.25, 0.3) is 0 Å². The standard InChI is InChI=1S/C12H18N2O4/c1-9(2)18-7-6-13-11-5-4-10(17-3)8-12(11)14(15)16/h4-5,8-9,13H,6-7H2,1-3H3. The van der Waals surface area contributed by atoms with E-state index in [0.29, 0.717) is 24.6 Å². The first-order valence-electron chi connectivity index (χ1n) is 5.72. The van der Waals surface area contributed by atoms with E-state index in [1.165, 1.54) is 13.2 Å². The molecule has 100 valence electrons. The van der Waals surface area contributed by atoms with Crippen molar-refractivity contribution in [2.75, 3.05) is 25.6 Å². The Morgan fingerprint density at radius 3 is 2.72 bits per heavy atom. The Kier molecular flexibility index (Phi) is 5.38. The third kappa shape index (κ3) is 4.21. The van der Waals surface area contributed by atoms with Crippen LogP contribution in [0.1, 0.15) is 13.8 Å². The van der Waals surface area contributed by atoms with Crippen LogP contribution in [0.4, 0.5) is 11.4 Å². The van der Waals surface area contributed by atoms with E-state index in [1.807, 2.05) is 13.8 Å². The monoisotopic (exact) mass is 254 g/mol. The predicted octanol–water partition coefficient (Wildman–Crippen LogP) is 2.44. The van der Waals surface area contributed by atoms with Gasteiger partial charge in [-0.15, -0.1) is 0 Å². The minimum Gasteiger partial charge on any atom is -0.496 e. The van der Waals surface area contributed by atoms with Crippen LogP contribution in [-0.2, 0) is 4.74 Å². The van der Waals surface area contributed by atoms with Gasteiger partial charge in [-0.3, -0.25) is 10.1 Å². The molecule has 6 heteroatoms. The molecule has 0 bridgehead atoms. The number of benzene rings is 1. The summed E-state index contributed by atoms with van der Waals surface area (Å²) >= 11 is 0. The van der Waals surface area contributed by atoms with Crippen molar-refractivity contribution < 1.29 is 14.4 Å². The number of ether oxygens (including phenoxy) is 2. The third-order valence-electron chi connectivity index (χ3n) is 2.27. The largest absolute Gasteiger partial charge is 0.496 e. The highest BCUT2D eigenvalue weighted by Gasteiger charge is 2.14. The maximum absolute atomic E-state index is 10.9. The molecule has 0 fully saturated rings. The predicted molar refractivity (Wildman–Crippen MR) is 69.2 cm³/mol. The van der Waals surface area contributed by atoms with E-state index in [4.69, 9.17) is 9.47 Å². The number of nitrogens with one attached hydrogen (secondary N) is 1. The molecule has 0 radical (unpaired) electrons. The molecule has 0 aromatic heterocycles. The molecule has 1 aromatic rings. The fourth-order valence-electron chi connectivity index (χ4n) is 1.42. The summed E-state index contributed by atoms with van der Waals surface area (Å²) in [6.07, 6.45) is 0.151. The Morgan fingerprint density at radius 2 is 2.17 bits per heavy atom. The number of hydrogen-bond donors (Lipinski definition) is 1. The van der Waals surface area contributed by atoms with Crippen LogP contribution in [0.3, 0.4) is 0 Å². The molecule has 1 aromatic carbocycles. The lowest BCUT2D eigenvalue weighted by Gasteiger charge is -2.10. The molecule has 0 amide bonds. The van der Waals surface area contributed by atoms with Gasteiger partial charge in [0.05, 0.1) is 30.8 Å². The van der Waals surface area contributed by atoms with E-state index in [1.54, 1.807) is 12.1 Å². The van der Waals surface area contributed by atoms with E-state index >= 15 is 0 Å². The number of nitrogens with zero attached hydrogens (tertiary/aromatic N) is 1. The zero-order chi connectivity index (χ0) is 13.5. The van der Waals surface area contributed by atoms with Gasteiger partial charge >= 0.3 is 0 Å². The van der Waals surface area contributed by atoms with Gasteiger partial charge in [0.25, 0.3) is 5.69 Å². The molecule has 1 rings (SSSR count). The molecular weight excluding hydrogens is 236 g/mol. The SMILES string of the molecule is COc1ccc(NCCOC(C)C)c([N+](=O)[O-])c1. The molecule has 0 saturated heterocycles. The van der Waals surface area contributed by atoms with Crippen molar-refractivity contribution in [1.29, 1.82) is 0 Å². The Balaban J connectivity index is 2.67. The van der Waals surface area contributed by atoms with Gasteiger partial charge < -0.3 is 14.8 Å². The van der Waals surface area contributed by atoms with Crippen LogP contribution in [0.5, 0.6) is 5.75 Å². The Morgan fingerprint density at radius 1 is 1.44 bits per heavy atom. The minimum atomic E-state index is -0.436. The summed E-state index contributed by atoms with van der Waals surface area (Å²) in [7, 11) is 1.47. The van der Waals surface area contributed by atoms with Gasteiger partial charge in [0.2, 0.25) is 0 Å². The van der Waals surface area contributed by atoms with E-state index < -0.39 is 4.92 Å². The van der Waals surface area contributed by atoms with Crippen molar-refractivity contribution in [2.24, 2.45) is 0 Å².